The molecule has 0 unspecified atom stereocenters. The number of piperazine rings is 1. The first-order valence-corrected chi connectivity index (χ1v) is 10.5. The quantitative estimate of drug-likeness (QED) is 0.656. The summed E-state index contributed by atoms with van der Waals surface area (Å²) in [6.07, 6.45) is 8.19. The van der Waals surface area contributed by atoms with E-state index in [4.69, 9.17) is 0 Å². The third kappa shape index (κ3) is 7.59. The maximum Gasteiger partial charge on any atom is 0.238 e. The summed E-state index contributed by atoms with van der Waals surface area (Å²) in [5.74, 6) is -0.363. The molecule has 1 aliphatic carbocycles. The highest BCUT2D eigenvalue weighted by Gasteiger charge is 2.20. The molecule has 2 amide bonds. The Morgan fingerprint density at radius 3 is 2.21 bits per heavy atom. The summed E-state index contributed by atoms with van der Waals surface area (Å²) in [5, 5.41) is 5.81. The van der Waals surface area contributed by atoms with Gasteiger partial charge < -0.3 is 10.6 Å². The minimum absolute atomic E-state index is 0.0731. The van der Waals surface area contributed by atoms with Gasteiger partial charge in [-0.15, -0.1) is 0 Å². The lowest BCUT2D eigenvalue weighted by molar-refractivity contribution is -0.123. The molecule has 1 saturated heterocycles. The van der Waals surface area contributed by atoms with Gasteiger partial charge in [0.15, 0.2) is 0 Å². The average Bonchev–Trinajstić information content (AvgIpc) is 2.72. The number of hydrogen-bond donors (Lipinski definition) is 2. The lowest BCUT2D eigenvalue weighted by Crippen LogP contribution is -2.51. The molecule has 0 saturated carbocycles. The molecule has 2 N–H and O–H groups in total. The Kier molecular flexibility index (Phi) is 8.19. The zero-order valence-electron chi connectivity index (χ0n) is 17.0. The molecular weight excluding hydrogens is 371 g/mol. The number of nitrogens with zero attached hydrogens (tertiary/aromatic N) is 2. The molecule has 6 nitrogen and oxygen atoms in total. The Balaban J connectivity index is 1.29. The van der Waals surface area contributed by atoms with Crippen LogP contribution < -0.4 is 10.6 Å². The van der Waals surface area contributed by atoms with Gasteiger partial charge in [-0.3, -0.25) is 19.4 Å². The molecule has 2 aliphatic rings. The van der Waals surface area contributed by atoms with Gasteiger partial charge in [0.1, 0.15) is 5.82 Å². The van der Waals surface area contributed by atoms with Crippen LogP contribution in [0.2, 0.25) is 0 Å². The van der Waals surface area contributed by atoms with Crippen molar-refractivity contribution in [2.75, 3.05) is 51.1 Å². The fourth-order valence-electron chi connectivity index (χ4n) is 3.80. The van der Waals surface area contributed by atoms with Crippen molar-refractivity contribution < 1.29 is 14.0 Å². The van der Waals surface area contributed by atoms with E-state index >= 15 is 0 Å². The predicted octanol–water partition coefficient (Wildman–Crippen LogP) is 2.39. The summed E-state index contributed by atoms with van der Waals surface area (Å²) in [5.41, 5.74) is 2.07. The Hall–Kier alpha value is -2.25. The van der Waals surface area contributed by atoms with E-state index < -0.39 is 0 Å². The van der Waals surface area contributed by atoms with Gasteiger partial charge in [-0.25, -0.2) is 4.39 Å². The summed E-state index contributed by atoms with van der Waals surface area (Å²) in [6, 6.07) is 5.75. The normalized spacial score (nSPS) is 18.2. The van der Waals surface area contributed by atoms with Crippen LogP contribution in [0.3, 0.4) is 0 Å². The van der Waals surface area contributed by atoms with Crippen LogP contribution in [0.4, 0.5) is 10.1 Å². The van der Waals surface area contributed by atoms with E-state index in [1.165, 1.54) is 43.4 Å². The van der Waals surface area contributed by atoms with Crippen LogP contribution in [-0.4, -0.2) is 67.4 Å². The predicted molar refractivity (Wildman–Crippen MR) is 112 cm³/mol. The molecule has 0 radical (unpaired) electrons. The fourth-order valence-corrected chi connectivity index (χ4v) is 3.80. The van der Waals surface area contributed by atoms with E-state index in [2.05, 4.69) is 26.5 Å². The molecule has 0 bridgehead atoms. The number of halogens is 1. The van der Waals surface area contributed by atoms with Gasteiger partial charge in [0.05, 0.1) is 13.1 Å². The van der Waals surface area contributed by atoms with E-state index in [0.717, 1.165) is 32.6 Å². The number of carbonyl (C=O) groups excluding carboxylic acids is 2. The van der Waals surface area contributed by atoms with Crippen molar-refractivity contribution in [3.05, 3.63) is 41.7 Å². The lowest BCUT2D eigenvalue weighted by Gasteiger charge is -2.33. The van der Waals surface area contributed by atoms with E-state index in [9.17, 15) is 14.0 Å². The van der Waals surface area contributed by atoms with Crippen molar-refractivity contribution in [3.63, 3.8) is 0 Å². The molecule has 158 valence electrons. The smallest absolute Gasteiger partial charge is 0.238 e. The van der Waals surface area contributed by atoms with E-state index in [1.807, 2.05) is 0 Å². The Morgan fingerprint density at radius 2 is 1.59 bits per heavy atom. The highest BCUT2D eigenvalue weighted by atomic mass is 19.1. The Labute approximate surface area is 172 Å². The summed E-state index contributed by atoms with van der Waals surface area (Å²) < 4.78 is 12.9. The molecular formula is C22H31FN4O2. The maximum atomic E-state index is 12.9. The van der Waals surface area contributed by atoms with Crippen molar-refractivity contribution >= 4 is 17.5 Å². The molecule has 1 fully saturated rings. The van der Waals surface area contributed by atoms with Gasteiger partial charge in [-0.1, -0.05) is 11.6 Å². The number of anilines is 1. The molecule has 0 spiro atoms. The molecule has 29 heavy (non-hydrogen) atoms. The summed E-state index contributed by atoms with van der Waals surface area (Å²) in [6.45, 7) is 4.45. The zero-order valence-corrected chi connectivity index (χ0v) is 17.0. The number of hydrogen-bond acceptors (Lipinski definition) is 4. The fraction of sp³-hybridized carbons (Fsp3) is 0.545. The third-order valence-corrected chi connectivity index (χ3v) is 5.48. The van der Waals surface area contributed by atoms with Gasteiger partial charge in [-0.2, -0.15) is 0 Å². The molecule has 1 aromatic rings. The van der Waals surface area contributed by atoms with Crippen LogP contribution in [0.15, 0.2) is 35.9 Å². The number of carbonyl (C=O) groups is 2. The van der Waals surface area contributed by atoms with Gasteiger partial charge in [0.2, 0.25) is 11.8 Å². The number of allylic oxidation sites excluding steroid dienone is 1. The SMILES string of the molecule is O=C(CN1CCN(CC(=O)Nc2ccc(F)cc2)CC1)NCCC1=CCCCC1. The summed E-state index contributed by atoms with van der Waals surface area (Å²) in [7, 11) is 0. The van der Waals surface area contributed by atoms with Crippen molar-refractivity contribution in [1.29, 1.82) is 0 Å². The highest BCUT2D eigenvalue weighted by Crippen LogP contribution is 2.19. The molecule has 1 aliphatic heterocycles. The minimum atomic E-state index is -0.325. The second-order valence-corrected chi connectivity index (χ2v) is 7.82. The Morgan fingerprint density at radius 1 is 0.931 bits per heavy atom. The minimum Gasteiger partial charge on any atom is -0.355 e. The molecule has 1 aromatic carbocycles. The van der Waals surface area contributed by atoms with Crippen LogP contribution in [0.25, 0.3) is 0 Å². The average molecular weight is 403 g/mol. The highest BCUT2D eigenvalue weighted by molar-refractivity contribution is 5.92. The van der Waals surface area contributed by atoms with Gasteiger partial charge in [-0.05, 0) is 56.4 Å². The van der Waals surface area contributed by atoms with E-state index in [-0.39, 0.29) is 17.6 Å². The second-order valence-electron chi connectivity index (χ2n) is 7.82. The molecule has 7 heteroatoms. The first-order chi connectivity index (χ1) is 14.1. The standard InChI is InChI=1S/C22H31FN4O2/c23-19-6-8-20(9-7-19)25-22(29)17-27-14-12-26(13-15-27)16-21(28)24-11-10-18-4-2-1-3-5-18/h4,6-9H,1-3,5,10-17H2,(H,24,28)(H,25,29). The lowest BCUT2D eigenvalue weighted by atomic mass is 9.97. The van der Waals surface area contributed by atoms with E-state index in [1.54, 1.807) is 12.1 Å². The first kappa shape index (κ1) is 21.5. The van der Waals surface area contributed by atoms with Crippen molar-refractivity contribution in [3.8, 4) is 0 Å². The molecule has 0 atom stereocenters. The third-order valence-electron chi connectivity index (χ3n) is 5.48. The topological polar surface area (TPSA) is 64.7 Å². The van der Waals surface area contributed by atoms with Gasteiger partial charge in [0, 0.05) is 38.4 Å². The van der Waals surface area contributed by atoms with Crippen LogP contribution >= 0.6 is 0 Å². The van der Waals surface area contributed by atoms with Gasteiger partial charge in [0.25, 0.3) is 0 Å². The van der Waals surface area contributed by atoms with Crippen LogP contribution in [0.1, 0.15) is 32.1 Å². The monoisotopic (exact) mass is 402 g/mol. The number of benzene rings is 1. The summed E-state index contributed by atoms with van der Waals surface area (Å²) in [4.78, 5) is 28.5. The van der Waals surface area contributed by atoms with Crippen LogP contribution in [-0.2, 0) is 9.59 Å². The summed E-state index contributed by atoms with van der Waals surface area (Å²) >= 11 is 0. The zero-order chi connectivity index (χ0) is 20.5. The number of rotatable bonds is 8. The first-order valence-electron chi connectivity index (χ1n) is 10.5. The number of nitrogens with one attached hydrogen (secondary N) is 2. The van der Waals surface area contributed by atoms with Crippen molar-refractivity contribution in [2.24, 2.45) is 0 Å². The molecule has 1 heterocycles. The van der Waals surface area contributed by atoms with Crippen molar-refractivity contribution in [1.82, 2.24) is 15.1 Å². The van der Waals surface area contributed by atoms with Crippen molar-refractivity contribution in [2.45, 2.75) is 32.1 Å². The van der Waals surface area contributed by atoms with Crippen LogP contribution in [0.5, 0.6) is 0 Å². The van der Waals surface area contributed by atoms with Gasteiger partial charge >= 0.3 is 0 Å². The van der Waals surface area contributed by atoms with E-state index in [0.29, 0.717) is 25.3 Å². The largest absolute Gasteiger partial charge is 0.355 e. The molecule has 0 aromatic heterocycles. The maximum absolute atomic E-state index is 12.9. The number of amides is 2. The van der Waals surface area contributed by atoms with Crippen LogP contribution in [0, 0.1) is 5.82 Å². The molecule has 3 rings (SSSR count). The Bertz CT molecular complexity index is 712. The second kappa shape index (κ2) is 11.1.